The van der Waals surface area contributed by atoms with Gasteiger partial charge in [0.25, 0.3) is 0 Å². The first-order chi connectivity index (χ1) is 8.11. The number of esters is 2. The molecule has 4 nitrogen and oxygen atoms in total. The van der Waals surface area contributed by atoms with Crippen LogP contribution in [0.25, 0.3) is 0 Å². The summed E-state index contributed by atoms with van der Waals surface area (Å²) in [6, 6.07) is 0. The van der Waals surface area contributed by atoms with Crippen LogP contribution in [-0.2, 0) is 19.1 Å². The summed E-state index contributed by atoms with van der Waals surface area (Å²) >= 11 is 0. The molecule has 0 saturated heterocycles. The van der Waals surface area contributed by atoms with E-state index >= 15 is 0 Å². The SMILES string of the molecule is COC(=O)C1=CCC=C(C(=O)OC)[C@H]2C(C)[C@@H]12. The molecule has 92 valence electrons. The van der Waals surface area contributed by atoms with Crippen molar-refractivity contribution in [1.82, 2.24) is 0 Å². The lowest BCUT2D eigenvalue weighted by atomic mass is 10.1. The van der Waals surface area contributed by atoms with Gasteiger partial charge in [0.2, 0.25) is 0 Å². The Bertz CT molecular complexity index is 381. The summed E-state index contributed by atoms with van der Waals surface area (Å²) < 4.78 is 9.53. The van der Waals surface area contributed by atoms with Crippen LogP contribution in [0.3, 0.4) is 0 Å². The third-order valence-corrected chi connectivity index (χ3v) is 3.61. The van der Waals surface area contributed by atoms with E-state index in [0.29, 0.717) is 23.5 Å². The van der Waals surface area contributed by atoms with Gasteiger partial charge in [-0.3, -0.25) is 0 Å². The van der Waals surface area contributed by atoms with Gasteiger partial charge in [-0.2, -0.15) is 0 Å². The summed E-state index contributed by atoms with van der Waals surface area (Å²) in [5, 5.41) is 0. The van der Waals surface area contributed by atoms with E-state index in [2.05, 4.69) is 0 Å². The van der Waals surface area contributed by atoms with E-state index in [9.17, 15) is 9.59 Å². The Morgan fingerprint density at radius 3 is 1.82 bits per heavy atom. The molecule has 17 heavy (non-hydrogen) atoms. The second kappa shape index (κ2) is 4.35. The highest BCUT2D eigenvalue weighted by Gasteiger charge is 2.54. The van der Waals surface area contributed by atoms with Crippen molar-refractivity contribution in [2.45, 2.75) is 13.3 Å². The van der Waals surface area contributed by atoms with Gasteiger partial charge in [0.05, 0.1) is 14.2 Å². The van der Waals surface area contributed by atoms with Crippen molar-refractivity contribution >= 4 is 11.9 Å². The molecule has 0 radical (unpaired) electrons. The molecule has 1 saturated carbocycles. The Labute approximate surface area is 100 Å². The lowest BCUT2D eigenvalue weighted by Gasteiger charge is -2.03. The Morgan fingerprint density at radius 1 is 1.06 bits per heavy atom. The lowest BCUT2D eigenvalue weighted by molar-refractivity contribution is -0.137. The quantitative estimate of drug-likeness (QED) is 0.681. The van der Waals surface area contributed by atoms with Crippen LogP contribution >= 0.6 is 0 Å². The smallest absolute Gasteiger partial charge is 0.333 e. The minimum atomic E-state index is -0.288. The normalized spacial score (nSPS) is 30.4. The maximum Gasteiger partial charge on any atom is 0.333 e. The fourth-order valence-corrected chi connectivity index (χ4v) is 2.68. The van der Waals surface area contributed by atoms with Crippen molar-refractivity contribution in [1.29, 1.82) is 0 Å². The Hall–Kier alpha value is -1.58. The van der Waals surface area contributed by atoms with Gasteiger partial charge in [-0.25, -0.2) is 9.59 Å². The number of ether oxygens (including phenoxy) is 2. The third kappa shape index (κ3) is 1.88. The largest absolute Gasteiger partial charge is 0.466 e. The van der Waals surface area contributed by atoms with Gasteiger partial charge in [-0.1, -0.05) is 19.1 Å². The van der Waals surface area contributed by atoms with E-state index in [1.807, 2.05) is 19.1 Å². The fraction of sp³-hybridized carbons (Fsp3) is 0.538. The predicted octanol–water partition coefficient (Wildman–Crippen LogP) is 1.47. The van der Waals surface area contributed by atoms with Crippen LogP contribution in [0.5, 0.6) is 0 Å². The molecule has 0 heterocycles. The van der Waals surface area contributed by atoms with Crippen LogP contribution in [0.15, 0.2) is 23.3 Å². The van der Waals surface area contributed by atoms with E-state index < -0.39 is 0 Å². The van der Waals surface area contributed by atoms with Gasteiger partial charge in [0.15, 0.2) is 0 Å². The maximum atomic E-state index is 11.6. The number of carbonyl (C=O) groups is 2. The van der Waals surface area contributed by atoms with Crippen LogP contribution in [0.4, 0.5) is 0 Å². The standard InChI is InChI=1S/C13H16O4/c1-7-10-8(12(14)16-2)5-4-6-9(11(7)10)13(15)17-3/h5-7,10-11H,4H2,1-3H3/t7?,10-,11+. The van der Waals surface area contributed by atoms with Crippen LogP contribution in [0, 0.1) is 17.8 Å². The minimum Gasteiger partial charge on any atom is -0.466 e. The molecule has 1 unspecified atom stereocenters. The summed E-state index contributed by atoms with van der Waals surface area (Å²) in [5.74, 6) is -0.0654. The number of hydrogen-bond donors (Lipinski definition) is 0. The van der Waals surface area contributed by atoms with Gasteiger partial charge in [-0.15, -0.1) is 0 Å². The van der Waals surface area contributed by atoms with E-state index in [1.54, 1.807) is 0 Å². The molecular weight excluding hydrogens is 220 g/mol. The monoisotopic (exact) mass is 236 g/mol. The average Bonchev–Trinajstić information content (AvgIpc) is 3.03. The first-order valence-electron chi connectivity index (χ1n) is 5.68. The Kier molecular flexibility index (Phi) is 3.05. The van der Waals surface area contributed by atoms with Crippen LogP contribution in [-0.4, -0.2) is 26.2 Å². The van der Waals surface area contributed by atoms with Crippen LogP contribution < -0.4 is 0 Å². The number of methoxy groups -OCH3 is 2. The first-order valence-corrected chi connectivity index (χ1v) is 5.68. The Morgan fingerprint density at radius 2 is 1.47 bits per heavy atom. The molecule has 0 N–H and O–H groups in total. The summed E-state index contributed by atoms with van der Waals surface area (Å²) in [6.45, 7) is 2.04. The highest BCUT2D eigenvalue weighted by atomic mass is 16.5. The van der Waals surface area contributed by atoms with Gasteiger partial charge >= 0.3 is 11.9 Å². The summed E-state index contributed by atoms with van der Waals surface area (Å²) in [4.78, 5) is 23.2. The molecule has 2 rings (SSSR count). The molecule has 3 atom stereocenters. The molecule has 2 aliphatic rings. The first kappa shape index (κ1) is 11.9. The number of carbonyl (C=O) groups excluding carboxylic acids is 2. The van der Waals surface area contributed by atoms with E-state index in [4.69, 9.17) is 9.47 Å². The lowest BCUT2D eigenvalue weighted by Crippen LogP contribution is -2.10. The second-order valence-corrected chi connectivity index (χ2v) is 4.45. The number of fused-ring (bicyclic) bond motifs is 1. The molecule has 0 aromatic carbocycles. The summed E-state index contributed by atoms with van der Waals surface area (Å²) in [6.07, 6.45) is 4.28. The van der Waals surface area contributed by atoms with Gasteiger partial charge in [0.1, 0.15) is 0 Å². The van der Waals surface area contributed by atoms with Crippen LogP contribution in [0.1, 0.15) is 13.3 Å². The van der Waals surface area contributed by atoms with Crippen molar-refractivity contribution in [3.8, 4) is 0 Å². The summed E-state index contributed by atoms with van der Waals surface area (Å²) in [7, 11) is 2.76. The van der Waals surface area contributed by atoms with E-state index in [-0.39, 0.29) is 23.8 Å². The highest BCUT2D eigenvalue weighted by Crippen LogP contribution is 2.56. The number of allylic oxidation sites excluding steroid dienone is 2. The predicted molar refractivity (Wildman–Crippen MR) is 61.0 cm³/mol. The fourth-order valence-electron chi connectivity index (χ4n) is 2.68. The molecule has 0 aromatic heterocycles. The van der Waals surface area contributed by atoms with E-state index in [0.717, 1.165) is 0 Å². The molecular formula is C13H16O4. The highest BCUT2D eigenvalue weighted by molar-refractivity contribution is 5.94. The van der Waals surface area contributed by atoms with Crippen LogP contribution in [0.2, 0.25) is 0 Å². The summed E-state index contributed by atoms with van der Waals surface area (Å²) in [5.41, 5.74) is 1.39. The van der Waals surface area contributed by atoms with Crippen molar-refractivity contribution in [2.75, 3.05) is 14.2 Å². The van der Waals surface area contributed by atoms with Crippen molar-refractivity contribution < 1.29 is 19.1 Å². The maximum absolute atomic E-state index is 11.6. The van der Waals surface area contributed by atoms with E-state index in [1.165, 1.54) is 14.2 Å². The molecule has 2 aliphatic carbocycles. The number of rotatable bonds is 2. The van der Waals surface area contributed by atoms with Gasteiger partial charge in [0, 0.05) is 23.0 Å². The Balaban J connectivity index is 2.23. The molecule has 0 aromatic rings. The zero-order valence-electron chi connectivity index (χ0n) is 10.2. The minimum absolute atomic E-state index is 0.107. The van der Waals surface area contributed by atoms with Crippen molar-refractivity contribution in [3.05, 3.63) is 23.3 Å². The topological polar surface area (TPSA) is 52.6 Å². The van der Waals surface area contributed by atoms with Crippen molar-refractivity contribution in [3.63, 3.8) is 0 Å². The van der Waals surface area contributed by atoms with Gasteiger partial charge < -0.3 is 9.47 Å². The molecule has 0 bridgehead atoms. The number of hydrogen-bond acceptors (Lipinski definition) is 4. The zero-order chi connectivity index (χ0) is 12.6. The average molecular weight is 236 g/mol. The second-order valence-electron chi connectivity index (χ2n) is 4.45. The molecule has 1 fully saturated rings. The van der Waals surface area contributed by atoms with Gasteiger partial charge in [-0.05, 0) is 12.3 Å². The molecule has 0 spiro atoms. The third-order valence-electron chi connectivity index (χ3n) is 3.61. The van der Waals surface area contributed by atoms with Crippen molar-refractivity contribution in [2.24, 2.45) is 17.8 Å². The molecule has 0 aliphatic heterocycles. The molecule has 4 heteroatoms. The molecule has 0 amide bonds. The zero-order valence-corrected chi connectivity index (χ0v) is 10.2.